The highest BCUT2D eigenvalue weighted by atomic mass is 32.2. The maximum atomic E-state index is 12.2. The highest BCUT2D eigenvalue weighted by molar-refractivity contribution is 7.88. The normalized spacial score (nSPS) is 11.7. The maximum Gasteiger partial charge on any atom is 0.255 e. The lowest BCUT2D eigenvalue weighted by Gasteiger charge is -2.18. The topological polar surface area (TPSA) is 88.1 Å². The van der Waals surface area contributed by atoms with Crippen molar-refractivity contribution in [1.82, 2.24) is 9.73 Å². The third kappa shape index (κ3) is 7.13. The molecule has 0 atom stereocenters. The van der Waals surface area contributed by atoms with Crippen molar-refractivity contribution in [3.05, 3.63) is 65.7 Å². The molecular weight excluding hydrogens is 378 g/mol. The molecule has 0 spiro atoms. The zero-order valence-corrected chi connectivity index (χ0v) is 16.9. The van der Waals surface area contributed by atoms with E-state index in [9.17, 15) is 13.2 Å². The predicted octanol–water partition coefficient (Wildman–Crippen LogP) is 2.04. The fourth-order valence-electron chi connectivity index (χ4n) is 2.50. The molecule has 7 nitrogen and oxygen atoms in total. The maximum absolute atomic E-state index is 12.2. The SMILES string of the molecule is CCOc1ccccc1C=NNC(=O)CN(CCc1ccccc1)S(C)(=O)=O. The van der Waals surface area contributed by atoms with Gasteiger partial charge in [-0.2, -0.15) is 9.41 Å². The van der Waals surface area contributed by atoms with Crippen molar-refractivity contribution in [3.8, 4) is 5.75 Å². The van der Waals surface area contributed by atoms with Crippen molar-refractivity contribution < 1.29 is 17.9 Å². The summed E-state index contributed by atoms with van der Waals surface area (Å²) in [4.78, 5) is 12.2. The van der Waals surface area contributed by atoms with E-state index >= 15 is 0 Å². The van der Waals surface area contributed by atoms with Crippen LogP contribution < -0.4 is 10.2 Å². The number of rotatable bonds is 10. The van der Waals surface area contributed by atoms with E-state index in [-0.39, 0.29) is 13.1 Å². The first-order chi connectivity index (χ1) is 13.4. The number of para-hydroxylation sites is 1. The Balaban J connectivity index is 1.94. The molecule has 0 unspecified atom stereocenters. The van der Waals surface area contributed by atoms with E-state index in [1.165, 1.54) is 6.21 Å². The van der Waals surface area contributed by atoms with Gasteiger partial charge in [0, 0.05) is 12.1 Å². The van der Waals surface area contributed by atoms with Crippen LogP contribution in [0.3, 0.4) is 0 Å². The van der Waals surface area contributed by atoms with Gasteiger partial charge in [-0.3, -0.25) is 4.79 Å². The van der Waals surface area contributed by atoms with Gasteiger partial charge in [0.15, 0.2) is 0 Å². The average molecular weight is 404 g/mol. The van der Waals surface area contributed by atoms with Gasteiger partial charge in [0.1, 0.15) is 5.75 Å². The summed E-state index contributed by atoms with van der Waals surface area (Å²) in [6.07, 6.45) is 3.08. The Bertz CT molecular complexity index is 899. The smallest absolute Gasteiger partial charge is 0.255 e. The summed E-state index contributed by atoms with van der Waals surface area (Å²) in [5.41, 5.74) is 4.09. The monoisotopic (exact) mass is 403 g/mol. The Morgan fingerprint density at radius 1 is 1.14 bits per heavy atom. The van der Waals surface area contributed by atoms with E-state index in [0.717, 1.165) is 16.1 Å². The minimum Gasteiger partial charge on any atom is -0.493 e. The molecule has 1 amide bonds. The molecule has 2 aromatic carbocycles. The molecule has 150 valence electrons. The molecule has 0 aliphatic carbocycles. The van der Waals surface area contributed by atoms with Crippen LogP contribution in [0.2, 0.25) is 0 Å². The highest BCUT2D eigenvalue weighted by Crippen LogP contribution is 2.15. The van der Waals surface area contributed by atoms with E-state index in [1.807, 2.05) is 61.5 Å². The van der Waals surface area contributed by atoms with E-state index in [4.69, 9.17) is 4.74 Å². The summed E-state index contributed by atoms with van der Waals surface area (Å²) < 4.78 is 30.6. The van der Waals surface area contributed by atoms with Gasteiger partial charge >= 0.3 is 0 Å². The largest absolute Gasteiger partial charge is 0.493 e. The molecule has 2 aromatic rings. The van der Waals surface area contributed by atoms with Crippen molar-refractivity contribution in [2.24, 2.45) is 5.10 Å². The zero-order chi connectivity index (χ0) is 20.4. The Morgan fingerprint density at radius 2 is 1.82 bits per heavy atom. The molecule has 0 aliphatic heterocycles. The van der Waals surface area contributed by atoms with Crippen LogP contribution in [0.25, 0.3) is 0 Å². The van der Waals surface area contributed by atoms with Gasteiger partial charge < -0.3 is 4.74 Å². The molecule has 28 heavy (non-hydrogen) atoms. The van der Waals surface area contributed by atoms with Crippen LogP contribution >= 0.6 is 0 Å². The first-order valence-electron chi connectivity index (χ1n) is 8.93. The van der Waals surface area contributed by atoms with Gasteiger partial charge in [0.25, 0.3) is 5.91 Å². The molecule has 0 aromatic heterocycles. The second-order valence-corrected chi connectivity index (χ2v) is 8.08. The number of carbonyl (C=O) groups is 1. The molecule has 0 saturated heterocycles. The molecule has 0 radical (unpaired) electrons. The van der Waals surface area contributed by atoms with Gasteiger partial charge in [-0.1, -0.05) is 42.5 Å². The van der Waals surface area contributed by atoms with Gasteiger partial charge in [0.2, 0.25) is 10.0 Å². The van der Waals surface area contributed by atoms with Crippen molar-refractivity contribution in [1.29, 1.82) is 0 Å². The molecule has 2 rings (SSSR count). The predicted molar refractivity (Wildman–Crippen MR) is 110 cm³/mol. The van der Waals surface area contributed by atoms with E-state index in [1.54, 1.807) is 0 Å². The van der Waals surface area contributed by atoms with Crippen LogP contribution in [0.5, 0.6) is 5.75 Å². The summed E-state index contributed by atoms with van der Waals surface area (Å²) in [7, 11) is -3.52. The van der Waals surface area contributed by atoms with Crippen LogP contribution in [0.1, 0.15) is 18.1 Å². The minimum atomic E-state index is -3.52. The molecule has 0 bridgehead atoms. The Morgan fingerprint density at radius 3 is 2.50 bits per heavy atom. The number of ether oxygens (including phenoxy) is 1. The summed E-state index contributed by atoms with van der Waals surface area (Å²) in [6, 6.07) is 16.8. The fourth-order valence-corrected chi connectivity index (χ4v) is 3.28. The lowest BCUT2D eigenvalue weighted by Crippen LogP contribution is -2.40. The number of benzene rings is 2. The molecule has 8 heteroatoms. The van der Waals surface area contributed by atoms with Crippen LogP contribution in [-0.4, -0.2) is 50.8 Å². The highest BCUT2D eigenvalue weighted by Gasteiger charge is 2.19. The van der Waals surface area contributed by atoms with Crippen molar-refractivity contribution in [2.45, 2.75) is 13.3 Å². The second kappa shape index (κ2) is 10.6. The van der Waals surface area contributed by atoms with Crippen LogP contribution in [-0.2, 0) is 21.2 Å². The van der Waals surface area contributed by atoms with E-state index in [2.05, 4.69) is 10.5 Å². The van der Waals surface area contributed by atoms with E-state index in [0.29, 0.717) is 24.3 Å². The number of nitrogens with zero attached hydrogens (tertiary/aromatic N) is 2. The molecular formula is C20H25N3O4S. The van der Waals surface area contributed by atoms with Gasteiger partial charge in [-0.15, -0.1) is 0 Å². The number of hydrogen-bond donors (Lipinski definition) is 1. The first kappa shape index (κ1) is 21.6. The minimum absolute atomic E-state index is 0.215. The van der Waals surface area contributed by atoms with Crippen LogP contribution in [0.4, 0.5) is 0 Å². The van der Waals surface area contributed by atoms with Crippen molar-refractivity contribution >= 4 is 22.1 Å². The number of nitrogens with one attached hydrogen (secondary N) is 1. The Kier molecular flexibility index (Phi) is 8.16. The molecule has 0 heterocycles. The quantitative estimate of drug-likeness (QED) is 0.486. The van der Waals surface area contributed by atoms with Gasteiger partial charge in [-0.25, -0.2) is 13.8 Å². The molecule has 1 N–H and O–H groups in total. The zero-order valence-electron chi connectivity index (χ0n) is 16.0. The third-order valence-electron chi connectivity index (χ3n) is 3.89. The van der Waals surface area contributed by atoms with Gasteiger partial charge in [-0.05, 0) is 31.0 Å². The molecule has 0 saturated carbocycles. The third-order valence-corrected chi connectivity index (χ3v) is 5.14. The lowest BCUT2D eigenvalue weighted by molar-refractivity contribution is -0.121. The number of sulfonamides is 1. The van der Waals surface area contributed by atoms with Gasteiger partial charge in [0.05, 0.1) is 25.6 Å². The van der Waals surface area contributed by atoms with Crippen molar-refractivity contribution in [3.63, 3.8) is 0 Å². The van der Waals surface area contributed by atoms with E-state index < -0.39 is 15.9 Å². The van der Waals surface area contributed by atoms with Crippen LogP contribution in [0.15, 0.2) is 59.7 Å². The summed E-state index contributed by atoms with van der Waals surface area (Å²) in [5.74, 6) is 0.146. The number of hydrazone groups is 1. The average Bonchev–Trinajstić information content (AvgIpc) is 2.66. The van der Waals surface area contributed by atoms with Crippen molar-refractivity contribution in [2.75, 3.05) is 26.0 Å². The molecule has 0 fully saturated rings. The number of carbonyl (C=O) groups excluding carboxylic acids is 1. The fraction of sp³-hybridized carbons (Fsp3) is 0.300. The summed E-state index contributed by atoms with van der Waals surface area (Å²) in [6.45, 7) is 2.32. The molecule has 0 aliphatic rings. The number of amides is 1. The Labute approximate surface area is 166 Å². The Hall–Kier alpha value is -2.71. The van der Waals surface area contributed by atoms with Crippen LogP contribution in [0, 0.1) is 0 Å². The number of hydrogen-bond acceptors (Lipinski definition) is 5. The second-order valence-electron chi connectivity index (χ2n) is 6.10. The standard InChI is InChI=1S/C20H25N3O4S/c1-3-27-19-12-8-7-11-18(19)15-21-22-20(24)16-23(28(2,25)26)14-13-17-9-5-4-6-10-17/h4-12,15H,3,13-14,16H2,1-2H3,(H,22,24). The summed E-state index contributed by atoms with van der Waals surface area (Å²) >= 11 is 0. The summed E-state index contributed by atoms with van der Waals surface area (Å²) in [5, 5.41) is 3.91. The lowest BCUT2D eigenvalue weighted by atomic mass is 10.1. The first-order valence-corrected chi connectivity index (χ1v) is 10.8.